The van der Waals surface area contributed by atoms with Crippen molar-refractivity contribution in [2.75, 3.05) is 51.8 Å². The van der Waals surface area contributed by atoms with Crippen molar-refractivity contribution >= 4 is 5.95 Å². The Hall–Kier alpha value is -2.34. The predicted molar refractivity (Wildman–Crippen MR) is 93.9 cm³/mol. The van der Waals surface area contributed by atoms with Crippen molar-refractivity contribution in [1.29, 1.82) is 0 Å². The lowest BCUT2D eigenvalue weighted by Crippen LogP contribution is -2.47. The van der Waals surface area contributed by atoms with Crippen LogP contribution in [0.15, 0.2) is 36.4 Å². The van der Waals surface area contributed by atoms with Gasteiger partial charge in [0, 0.05) is 32.7 Å². The van der Waals surface area contributed by atoms with Crippen molar-refractivity contribution < 1.29 is 9.47 Å². The molecule has 0 spiro atoms. The van der Waals surface area contributed by atoms with Crippen molar-refractivity contribution in [2.45, 2.75) is 6.42 Å². The van der Waals surface area contributed by atoms with Gasteiger partial charge in [-0.3, -0.25) is 4.90 Å². The van der Waals surface area contributed by atoms with E-state index in [2.05, 4.69) is 50.1 Å². The first kappa shape index (κ1) is 16.5. The van der Waals surface area contributed by atoms with Crippen LogP contribution in [-0.4, -0.2) is 61.8 Å². The van der Waals surface area contributed by atoms with Crippen LogP contribution < -0.4 is 14.4 Å². The maximum atomic E-state index is 5.23. The zero-order chi connectivity index (χ0) is 16.8. The van der Waals surface area contributed by atoms with Crippen LogP contribution in [0.4, 0.5) is 5.95 Å². The molecule has 0 N–H and O–H groups in total. The molecule has 0 radical (unpaired) electrons. The molecule has 24 heavy (non-hydrogen) atoms. The second-order valence-electron chi connectivity index (χ2n) is 5.82. The van der Waals surface area contributed by atoms with E-state index in [1.54, 1.807) is 20.3 Å². The Balaban J connectivity index is 1.55. The molecule has 1 aromatic carbocycles. The zero-order valence-corrected chi connectivity index (χ0v) is 14.3. The van der Waals surface area contributed by atoms with E-state index in [1.807, 2.05) is 0 Å². The number of piperazine rings is 1. The molecule has 1 aliphatic heterocycles. The molecule has 6 heteroatoms. The van der Waals surface area contributed by atoms with Gasteiger partial charge in [0.1, 0.15) is 0 Å². The van der Waals surface area contributed by atoms with Crippen LogP contribution in [0.3, 0.4) is 0 Å². The van der Waals surface area contributed by atoms with Gasteiger partial charge in [0.05, 0.1) is 20.3 Å². The quantitative estimate of drug-likeness (QED) is 0.807. The summed E-state index contributed by atoms with van der Waals surface area (Å²) in [5.74, 6) is 1.74. The van der Waals surface area contributed by atoms with E-state index < -0.39 is 0 Å². The summed E-state index contributed by atoms with van der Waals surface area (Å²) in [4.78, 5) is 13.5. The number of aromatic nitrogens is 2. The number of rotatable bonds is 6. The van der Waals surface area contributed by atoms with Gasteiger partial charge in [0.2, 0.25) is 17.7 Å². The standard InChI is InChI=1S/C18H24N4O2/c1-23-16-14-17(24-2)20-18(19-16)22-12-10-21(11-13-22)9-8-15-6-4-3-5-7-15/h3-7,14H,8-13H2,1-2H3. The molecule has 1 aromatic heterocycles. The first-order valence-corrected chi connectivity index (χ1v) is 8.27. The molecule has 0 amide bonds. The van der Waals surface area contributed by atoms with Gasteiger partial charge in [-0.1, -0.05) is 30.3 Å². The van der Waals surface area contributed by atoms with Crippen molar-refractivity contribution in [3.8, 4) is 11.8 Å². The summed E-state index contributed by atoms with van der Waals surface area (Å²) in [7, 11) is 3.21. The molecule has 0 atom stereocenters. The Morgan fingerprint density at radius 3 is 2.12 bits per heavy atom. The fourth-order valence-corrected chi connectivity index (χ4v) is 2.85. The molecule has 1 aliphatic rings. The Kier molecular flexibility index (Phi) is 5.48. The lowest BCUT2D eigenvalue weighted by molar-refractivity contribution is 0.259. The maximum absolute atomic E-state index is 5.23. The van der Waals surface area contributed by atoms with Crippen LogP contribution in [0.2, 0.25) is 0 Å². The van der Waals surface area contributed by atoms with Crippen molar-refractivity contribution in [3.05, 3.63) is 42.0 Å². The summed E-state index contributed by atoms with van der Waals surface area (Å²) < 4.78 is 10.5. The molecule has 6 nitrogen and oxygen atoms in total. The van der Waals surface area contributed by atoms with Crippen LogP contribution in [0, 0.1) is 0 Å². The number of ether oxygens (including phenoxy) is 2. The summed E-state index contributed by atoms with van der Waals surface area (Å²) in [5, 5.41) is 0. The van der Waals surface area contributed by atoms with Gasteiger partial charge in [-0.05, 0) is 12.0 Å². The SMILES string of the molecule is COc1cc(OC)nc(N2CCN(CCc3ccccc3)CC2)n1. The van der Waals surface area contributed by atoms with E-state index in [9.17, 15) is 0 Å². The Morgan fingerprint density at radius 1 is 0.917 bits per heavy atom. The van der Waals surface area contributed by atoms with E-state index in [4.69, 9.17) is 9.47 Å². The fourth-order valence-electron chi connectivity index (χ4n) is 2.85. The molecule has 0 bridgehead atoms. The van der Waals surface area contributed by atoms with E-state index in [-0.39, 0.29) is 0 Å². The average Bonchev–Trinajstić information content (AvgIpc) is 2.67. The minimum absolute atomic E-state index is 0.531. The highest BCUT2D eigenvalue weighted by atomic mass is 16.5. The smallest absolute Gasteiger partial charge is 0.232 e. The monoisotopic (exact) mass is 328 g/mol. The van der Waals surface area contributed by atoms with Crippen LogP contribution in [0.5, 0.6) is 11.8 Å². The third-order valence-electron chi connectivity index (χ3n) is 4.30. The summed E-state index contributed by atoms with van der Waals surface area (Å²) in [6, 6.07) is 12.3. The van der Waals surface area contributed by atoms with Crippen molar-refractivity contribution in [2.24, 2.45) is 0 Å². The number of nitrogens with zero attached hydrogens (tertiary/aromatic N) is 4. The minimum atomic E-state index is 0.531. The van der Waals surface area contributed by atoms with E-state index in [1.165, 1.54) is 5.56 Å². The Bertz CT molecular complexity index is 620. The molecule has 0 aliphatic carbocycles. The summed E-state index contributed by atoms with van der Waals surface area (Å²) in [6.45, 7) is 4.92. The average molecular weight is 328 g/mol. The molecule has 0 saturated carbocycles. The highest BCUT2D eigenvalue weighted by Crippen LogP contribution is 2.21. The number of hydrogen-bond donors (Lipinski definition) is 0. The van der Waals surface area contributed by atoms with Crippen LogP contribution >= 0.6 is 0 Å². The van der Waals surface area contributed by atoms with Gasteiger partial charge < -0.3 is 14.4 Å². The van der Waals surface area contributed by atoms with E-state index >= 15 is 0 Å². The molecule has 1 fully saturated rings. The van der Waals surface area contributed by atoms with Gasteiger partial charge in [-0.15, -0.1) is 0 Å². The third-order valence-corrected chi connectivity index (χ3v) is 4.30. The van der Waals surface area contributed by atoms with Crippen LogP contribution in [0.25, 0.3) is 0 Å². The van der Waals surface area contributed by atoms with Crippen molar-refractivity contribution in [3.63, 3.8) is 0 Å². The predicted octanol–water partition coefficient (Wildman–Crippen LogP) is 1.86. The normalized spacial score (nSPS) is 15.3. The Morgan fingerprint density at radius 2 is 1.54 bits per heavy atom. The first-order valence-electron chi connectivity index (χ1n) is 8.27. The van der Waals surface area contributed by atoms with Crippen LogP contribution in [-0.2, 0) is 6.42 Å². The lowest BCUT2D eigenvalue weighted by atomic mass is 10.1. The largest absolute Gasteiger partial charge is 0.481 e. The molecule has 2 heterocycles. The summed E-state index contributed by atoms with van der Waals surface area (Å²) >= 11 is 0. The number of hydrogen-bond acceptors (Lipinski definition) is 6. The molecule has 3 rings (SSSR count). The summed E-state index contributed by atoms with van der Waals surface area (Å²) in [6.07, 6.45) is 1.09. The Labute approximate surface area is 143 Å². The van der Waals surface area contributed by atoms with Gasteiger partial charge >= 0.3 is 0 Å². The summed E-state index contributed by atoms with van der Waals surface area (Å²) in [5.41, 5.74) is 1.39. The number of anilines is 1. The van der Waals surface area contributed by atoms with E-state index in [0.717, 1.165) is 39.1 Å². The van der Waals surface area contributed by atoms with Crippen LogP contribution in [0.1, 0.15) is 5.56 Å². The second-order valence-corrected chi connectivity index (χ2v) is 5.82. The third kappa shape index (κ3) is 4.14. The molecule has 128 valence electrons. The van der Waals surface area contributed by atoms with E-state index in [0.29, 0.717) is 17.7 Å². The highest BCUT2D eigenvalue weighted by Gasteiger charge is 2.20. The molecular formula is C18H24N4O2. The highest BCUT2D eigenvalue weighted by molar-refractivity contribution is 5.37. The first-order chi connectivity index (χ1) is 11.8. The number of benzene rings is 1. The van der Waals surface area contributed by atoms with Gasteiger partial charge in [0.15, 0.2) is 0 Å². The topological polar surface area (TPSA) is 50.7 Å². The zero-order valence-electron chi connectivity index (χ0n) is 14.3. The van der Waals surface area contributed by atoms with Gasteiger partial charge in [-0.25, -0.2) is 0 Å². The lowest BCUT2D eigenvalue weighted by Gasteiger charge is -2.34. The minimum Gasteiger partial charge on any atom is -0.481 e. The second kappa shape index (κ2) is 7.97. The molecule has 2 aromatic rings. The van der Waals surface area contributed by atoms with Crippen molar-refractivity contribution in [1.82, 2.24) is 14.9 Å². The molecule has 0 unspecified atom stereocenters. The fraction of sp³-hybridized carbons (Fsp3) is 0.444. The maximum Gasteiger partial charge on any atom is 0.232 e. The van der Waals surface area contributed by atoms with Gasteiger partial charge in [-0.2, -0.15) is 9.97 Å². The number of methoxy groups -OCH3 is 2. The molecule has 1 saturated heterocycles. The van der Waals surface area contributed by atoms with Gasteiger partial charge in [0.25, 0.3) is 0 Å². The molecular weight excluding hydrogens is 304 g/mol.